The average Bonchev–Trinajstić information content (AvgIpc) is 2.00. The second-order valence-electron chi connectivity index (χ2n) is 4.10. The SMILES string of the molecule is CC(C)CC(=O)N1CC(=O)CC(=O)C1. The van der Waals surface area contributed by atoms with E-state index in [1.807, 2.05) is 13.8 Å². The topological polar surface area (TPSA) is 54.5 Å². The monoisotopic (exact) mass is 197 g/mol. The van der Waals surface area contributed by atoms with E-state index in [-0.39, 0.29) is 42.9 Å². The number of piperidine rings is 1. The minimum Gasteiger partial charge on any atom is -0.328 e. The van der Waals surface area contributed by atoms with Gasteiger partial charge in [-0.25, -0.2) is 0 Å². The lowest BCUT2D eigenvalue weighted by Crippen LogP contribution is -2.44. The number of nitrogens with zero attached hydrogens (tertiary/aromatic N) is 1. The summed E-state index contributed by atoms with van der Waals surface area (Å²) in [5, 5.41) is 0. The Morgan fingerprint density at radius 3 is 2.21 bits per heavy atom. The Kier molecular flexibility index (Phi) is 3.38. The summed E-state index contributed by atoms with van der Waals surface area (Å²) in [6.45, 7) is 4.09. The van der Waals surface area contributed by atoms with Gasteiger partial charge in [0.1, 0.15) is 0 Å². The van der Waals surface area contributed by atoms with Crippen LogP contribution in [0.25, 0.3) is 0 Å². The van der Waals surface area contributed by atoms with Crippen molar-refractivity contribution in [2.75, 3.05) is 13.1 Å². The molecular formula is C10H15NO3. The lowest BCUT2D eigenvalue weighted by atomic mass is 10.1. The van der Waals surface area contributed by atoms with Gasteiger partial charge < -0.3 is 4.90 Å². The van der Waals surface area contributed by atoms with Crippen molar-refractivity contribution in [1.29, 1.82) is 0 Å². The van der Waals surface area contributed by atoms with Crippen molar-refractivity contribution in [1.82, 2.24) is 4.90 Å². The zero-order valence-electron chi connectivity index (χ0n) is 8.58. The second-order valence-corrected chi connectivity index (χ2v) is 4.10. The normalized spacial score (nSPS) is 17.8. The first-order valence-corrected chi connectivity index (χ1v) is 4.80. The molecule has 0 aromatic heterocycles. The lowest BCUT2D eigenvalue weighted by molar-refractivity contribution is -0.143. The summed E-state index contributed by atoms with van der Waals surface area (Å²) >= 11 is 0. The van der Waals surface area contributed by atoms with Crippen LogP contribution in [0.4, 0.5) is 0 Å². The molecule has 0 N–H and O–H groups in total. The van der Waals surface area contributed by atoms with Gasteiger partial charge in [0.2, 0.25) is 5.91 Å². The van der Waals surface area contributed by atoms with Gasteiger partial charge in [-0.05, 0) is 5.92 Å². The van der Waals surface area contributed by atoms with Crippen LogP contribution in [0.15, 0.2) is 0 Å². The Labute approximate surface area is 83.3 Å². The van der Waals surface area contributed by atoms with Gasteiger partial charge in [0.05, 0.1) is 19.5 Å². The van der Waals surface area contributed by atoms with Crippen LogP contribution in [0, 0.1) is 5.92 Å². The molecule has 1 rings (SSSR count). The molecule has 0 radical (unpaired) electrons. The standard InChI is InChI=1S/C10H15NO3/c1-7(2)3-10(14)11-5-8(12)4-9(13)6-11/h7H,3-6H2,1-2H3. The molecule has 0 aromatic carbocycles. The van der Waals surface area contributed by atoms with Crippen LogP contribution in [0.5, 0.6) is 0 Å². The first-order chi connectivity index (χ1) is 6.49. The van der Waals surface area contributed by atoms with Crippen molar-refractivity contribution in [3.63, 3.8) is 0 Å². The molecule has 0 aliphatic carbocycles. The fourth-order valence-electron chi connectivity index (χ4n) is 1.47. The number of rotatable bonds is 2. The number of likely N-dealkylation sites (tertiary alicyclic amines) is 1. The maximum absolute atomic E-state index is 11.5. The van der Waals surface area contributed by atoms with E-state index in [4.69, 9.17) is 0 Å². The summed E-state index contributed by atoms with van der Waals surface area (Å²) in [4.78, 5) is 35.0. The highest BCUT2D eigenvalue weighted by atomic mass is 16.2. The molecule has 0 bridgehead atoms. The van der Waals surface area contributed by atoms with Gasteiger partial charge in [-0.2, -0.15) is 0 Å². The molecule has 0 atom stereocenters. The molecule has 78 valence electrons. The highest BCUT2D eigenvalue weighted by molar-refractivity contribution is 6.05. The quantitative estimate of drug-likeness (QED) is 0.602. The fraction of sp³-hybridized carbons (Fsp3) is 0.700. The summed E-state index contributed by atoms with van der Waals surface area (Å²) < 4.78 is 0. The van der Waals surface area contributed by atoms with Gasteiger partial charge in [-0.1, -0.05) is 13.8 Å². The van der Waals surface area contributed by atoms with Gasteiger partial charge >= 0.3 is 0 Å². The first-order valence-electron chi connectivity index (χ1n) is 4.80. The number of Topliss-reactive ketones (excluding diaryl/α,β-unsaturated/α-hetero) is 2. The first kappa shape index (κ1) is 10.9. The summed E-state index contributed by atoms with van der Waals surface area (Å²) in [5.74, 6) is -0.146. The number of carbonyl (C=O) groups excluding carboxylic acids is 3. The molecule has 0 spiro atoms. The fourth-order valence-corrected chi connectivity index (χ4v) is 1.47. The molecule has 0 saturated carbocycles. The maximum atomic E-state index is 11.5. The minimum absolute atomic E-state index is 0.00847. The van der Waals surface area contributed by atoms with Crippen LogP contribution < -0.4 is 0 Å². The largest absolute Gasteiger partial charge is 0.328 e. The Hall–Kier alpha value is -1.19. The molecule has 1 saturated heterocycles. The molecule has 1 heterocycles. The van der Waals surface area contributed by atoms with Crippen molar-refractivity contribution < 1.29 is 14.4 Å². The predicted octanol–water partition coefficient (Wildman–Crippen LogP) is 0.403. The van der Waals surface area contributed by atoms with Crippen molar-refractivity contribution in [2.24, 2.45) is 5.92 Å². The molecular weight excluding hydrogens is 182 g/mol. The van der Waals surface area contributed by atoms with Crippen LogP contribution in [0.1, 0.15) is 26.7 Å². The highest BCUT2D eigenvalue weighted by Crippen LogP contribution is 2.08. The van der Waals surface area contributed by atoms with Crippen molar-refractivity contribution >= 4 is 17.5 Å². The Balaban J connectivity index is 2.55. The molecule has 4 heteroatoms. The lowest BCUT2D eigenvalue weighted by Gasteiger charge is -2.25. The summed E-state index contributed by atoms with van der Waals surface area (Å²) in [5.41, 5.74) is 0. The van der Waals surface area contributed by atoms with Crippen LogP contribution >= 0.6 is 0 Å². The van der Waals surface area contributed by atoms with E-state index >= 15 is 0 Å². The predicted molar refractivity (Wildman–Crippen MR) is 50.7 cm³/mol. The maximum Gasteiger partial charge on any atom is 0.223 e. The van der Waals surface area contributed by atoms with E-state index < -0.39 is 0 Å². The third-order valence-corrected chi connectivity index (χ3v) is 2.06. The van der Waals surface area contributed by atoms with Gasteiger partial charge in [-0.3, -0.25) is 14.4 Å². The van der Waals surface area contributed by atoms with Crippen molar-refractivity contribution in [2.45, 2.75) is 26.7 Å². The van der Waals surface area contributed by atoms with E-state index in [0.29, 0.717) is 6.42 Å². The summed E-state index contributed by atoms with van der Waals surface area (Å²) in [6, 6.07) is 0. The Bertz CT molecular complexity index is 255. The van der Waals surface area contributed by atoms with Crippen LogP contribution in [-0.4, -0.2) is 35.5 Å². The van der Waals surface area contributed by atoms with Gasteiger partial charge in [0.25, 0.3) is 0 Å². The van der Waals surface area contributed by atoms with E-state index in [9.17, 15) is 14.4 Å². The number of carbonyl (C=O) groups is 3. The Morgan fingerprint density at radius 1 is 1.29 bits per heavy atom. The smallest absolute Gasteiger partial charge is 0.223 e. The van der Waals surface area contributed by atoms with Gasteiger partial charge in [0, 0.05) is 6.42 Å². The van der Waals surface area contributed by atoms with E-state index in [1.54, 1.807) is 0 Å². The van der Waals surface area contributed by atoms with Gasteiger partial charge in [0.15, 0.2) is 11.6 Å². The third-order valence-electron chi connectivity index (χ3n) is 2.06. The highest BCUT2D eigenvalue weighted by Gasteiger charge is 2.26. The molecule has 0 aromatic rings. The molecule has 14 heavy (non-hydrogen) atoms. The van der Waals surface area contributed by atoms with Crippen molar-refractivity contribution in [3.8, 4) is 0 Å². The number of hydrogen-bond acceptors (Lipinski definition) is 3. The summed E-state index contributed by atoms with van der Waals surface area (Å²) in [7, 11) is 0. The molecule has 1 aliphatic rings. The molecule has 1 aliphatic heterocycles. The minimum atomic E-state index is -0.154. The zero-order valence-corrected chi connectivity index (χ0v) is 8.58. The molecule has 0 unspecified atom stereocenters. The van der Waals surface area contributed by atoms with Crippen molar-refractivity contribution in [3.05, 3.63) is 0 Å². The van der Waals surface area contributed by atoms with Gasteiger partial charge in [-0.15, -0.1) is 0 Å². The average molecular weight is 197 g/mol. The van der Waals surface area contributed by atoms with Crippen LogP contribution in [0.2, 0.25) is 0 Å². The van der Waals surface area contributed by atoms with E-state index in [0.717, 1.165) is 0 Å². The number of ketones is 2. The zero-order chi connectivity index (χ0) is 10.7. The second kappa shape index (κ2) is 4.35. The number of amides is 1. The summed E-state index contributed by atoms with van der Waals surface area (Å²) in [6.07, 6.45) is 0.395. The Morgan fingerprint density at radius 2 is 1.79 bits per heavy atom. The van der Waals surface area contributed by atoms with Crippen LogP contribution in [0.3, 0.4) is 0 Å². The third kappa shape index (κ3) is 2.94. The molecule has 1 amide bonds. The van der Waals surface area contributed by atoms with Crippen LogP contribution in [-0.2, 0) is 14.4 Å². The van der Waals surface area contributed by atoms with E-state index in [2.05, 4.69) is 0 Å². The number of hydrogen-bond donors (Lipinski definition) is 0. The molecule has 4 nitrogen and oxygen atoms in total. The molecule has 1 fully saturated rings. The van der Waals surface area contributed by atoms with E-state index in [1.165, 1.54) is 4.90 Å².